The van der Waals surface area contributed by atoms with Crippen LogP contribution < -0.4 is 4.90 Å². The Morgan fingerprint density at radius 2 is 1.95 bits per heavy atom. The Labute approximate surface area is 124 Å². The number of rotatable bonds is 1. The number of aryl methyl sites for hydroxylation is 1. The molecule has 1 N–H and O–H groups in total. The Balaban J connectivity index is 2.03. The second-order valence-corrected chi connectivity index (χ2v) is 5.87. The van der Waals surface area contributed by atoms with Crippen LogP contribution in [0.15, 0.2) is 48.5 Å². The van der Waals surface area contributed by atoms with Gasteiger partial charge in [0.2, 0.25) is 0 Å². The van der Waals surface area contributed by atoms with Crippen molar-refractivity contribution in [1.82, 2.24) is 0 Å². The van der Waals surface area contributed by atoms with Crippen molar-refractivity contribution >= 4 is 11.6 Å². The maximum absolute atomic E-state index is 12.8. The van der Waals surface area contributed by atoms with Crippen molar-refractivity contribution in [2.75, 3.05) is 11.4 Å². The average molecular weight is 281 g/mol. The van der Waals surface area contributed by atoms with E-state index in [1.807, 2.05) is 55.5 Å². The lowest BCUT2D eigenvalue weighted by Crippen LogP contribution is -2.42. The number of nitrogens with zero attached hydrogens (tertiary/aromatic N) is 1. The van der Waals surface area contributed by atoms with Gasteiger partial charge in [-0.3, -0.25) is 4.79 Å². The predicted molar refractivity (Wildman–Crippen MR) is 83.5 cm³/mol. The smallest absolute Gasteiger partial charge is 0.258 e. The zero-order chi connectivity index (χ0) is 15.0. The van der Waals surface area contributed by atoms with Crippen molar-refractivity contribution in [2.45, 2.75) is 25.9 Å². The Hall–Kier alpha value is -2.13. The van der Waals surface area contributed by atoms with Crippen LogP contribution in [0.25, 0.3) is 0 Å². The minimum absolute atomic E-state index is 0.0124. The first-order chi connectivity index (χ1) is 9.99. The number of para-hydroxylation sites is 1. The SMILES string of the molecule is Cc1cccc(C(=O)N2CCC(C)(O)c3ccccc32)c1. The first kappa shape index (κ1) is 13.8. The van der Waals surface area contributed by atoms with Gasteiger partial charge < -0.3 is 10.0 Å². The van der Waals surface area contributed by atoms with Crippen LogP contribution in [0.1, 0.15) is 34.8 Å². The molecule has 2 aromatic carbocycles. The number of carbonyl (C=O) groups excluding carboxylic acids is 1. The molecule has 0 bridgehead atoms. The van der Waals surface area contributed by atoms with Crippen molar-refractivity contribution in [3.8, 4) is 0 Å². The van der Waals surface area contributed by atoms with Gasteiger partial charge in [-0.2, -0.15) is 0 Å². The van der Waals surface area contributed by atoms with E-state index in [4.69, 9.17) is 0 Å². The van der Waals surface area contributed by atoms with E-state index in [1.54, 1.807) is 11.8 Å². The molecule has 0 aromatic heterocycles. The van der Waals surface area contributed by atoms with Gasteiger partial charge in [0.25, 0.3) is 5.91 Å². The minimum Gasteiger partial charge on any atom is -0.385 e. The molecule has 108 valence electrons. The summed E-state index contributed by atoms with van der Waals surface area (Å²) in [5.41, 5.74) is 2.50. The van der Waals surface area contributed by atoms with Gasteiger partial charge in [0.05, 0.1) is 11.3 Å². The van der Waals surface area contributed by atoms with Crippen LogP contribution in [-0.2, 0) is 5.60 Å². The Kier molecular flexibility index (Phi) is 3.30. The zero-order valence-electron chi connectivity index (χ0n) is 12.3. The number of hydrogen-bond acceptors (Lipinski definition) is 2. The summed E-state index contributed by atoms with van der Waals surface area (Å²) in [4.78, 5) is 14.5. The van der Waals surface area contributed by atoms with Gasteiger partial charge in [-0.05, 0) is 38.5 Å². The normalized spacial score (nSPS) is 21.0. The number of carbonyl (C=O) groups is 1. The van der Waals surface area contributed by atoms with E-state index in [-0.39, 0.29) is 5.91 Å². The van der Waals surface area contributed by atoms with Crippen LogP contribution in [-0.4, -0.2) is 17.6 Å². The molecule has 0 radical (unpaired) electrons. The van der Waals surface area contributed by atoms with E-state index in [0.29, 0.717) is 18.5 Å². The molecule has 1 amide bonds. The van der Waals surface area contributed by atoms with Crippen LogP contribution in [0.2, 0.25) is 0 Å². The van der Waals surface area contributed by atoms with Gasteiger partial charge in [-0.15, -0.1) is 0 Å². The van der Waals surface area contributed by atoms with Gasteiger partial charge in [0.15, 0.2) is 0 Å². The maximum atomic E-state index is 12.8. The van der Waals surface area contributed by atoms with E-state index in [1.165, 1.54) is 0 Å². The molecule has 1 heterocycles. The molecule has 0 spiro atoms. The van der Waals surface area contributed by atoms with Crippen molar-refractivity contribution in [3.63, 3.8) is 0 Å². The van der Waals surface area contributed by atoms with E-state index < -0.39 is 5.60 Å². The summed E-state index contributed by atoms with van der Waals surface area (Å²) < 4.78 is 0. The highest BCUT2D eigenvalue weighted by atomic mass is 16.3. The Bertz CT molecular complexity index is 691. The molecule has 3 rings (SSSR count). The quantitative estimate of drug-likeness (QED) is 0.871. The number of hydrogen-bond donors (Lipinski definition) is 1. The summed E-state index contributed by atoms with van der Waals surface area (Å²) in [6.07, 6.45) is 0.543. The van der Waals surface area contributed by atoms with Crippen LogP contribution in [0, 0.1) is 6.92 Å². The van der Waals surface area contributed by atoms with Crippen LogP contribution in [0.4, 0.5) is 5.69 Å². The topological polar surface area (TPSA) is 40.5 Å². The van der Waals surface area contributed by atoms with Crippen molar-refractivity contribution < 1.29 is 9.90 Å². The summed E-state index contributed by atoms with van der Waals surface area (Å²) in [6, 6.07) is 15.2. The number of aliphatic hydroxyl groups is 1. The standard InChI is InChI=1S/C18H19NO2/c1-13-6-5-7-14(12-13)17(20)19-11-10-18(2,21)15-8-3-4-9-16(15)19/h3-9,12,21H,10-11H2,1-2H3. The monoisotopic (exact) mass is 281 g/mol. The third kappa shape index (κ3) is 2.45. The molecular weight excluding hydrogens is 262 g/mol. The second kappa shape index (κ2) is 5.01. The predicted octanol–water partition coefficient (Wildman–Crippen LogP) is 3.25. The largest absolute Gasteiger partial charge is 0.385 e. The number of benzene rings is 2. The van der Waals surface area contributed by atoms with Gasteiger partial charge >= 0.3 is 0 Å². The Morgan fingerprint density at radius 1 is 1.19 bits per heavy atom. The highest BCUT2D eigenvalue weighted by Gasteiger charge is 2.35. The molecule has 3 nitrogen and oxygen atoms in total. The summed E-state index contributed by atoms with van der Waals surface area (Å²) in [7, 11) is 0. The third-order valence-electron chi connectivity index (χ3n) is 4.11. The van der Waals surface area contributed by atoms with Gasteiger partial charge in [0.1, 0.15) is 0 Å². The molecule has 1 unspecified atom stereocenters. The molecule has 1 aliphatic rings. The van der Waals surface area contributed by atoms with Gasteiger partial charge in [-0.25, -0.2) is 0 Å². The molecule has 1 atom stereocenters. The van der Waals surface area contributed by atoms with Crippen LogP contribution >= 0.6 is 0 Å². The molecule has 3 heteroatoms. The highest BCUT2D eigenvalue weighted by molar-refractivity contribution is 6.07. The summed E-state index contributed by atoms with van der Waals surface area (Å²) >= 11 is 0. The fraction of sp³-hybridized carbons (Fsp3) is 0.278. The fourth-order valence-corrected chi connectivity index (χ4v) is 2.89. The van der Waals surface area contributed by atoms with Crippen LogP contribution in [0.3, 0.4) is 0 Å². The van der Waals surface area contributed by atoms with E-state index in [2.05, 4.69) is 0 Å². The zero-order valence-corrected chi connectivity index (χ0v) is 12.3. The van der Waals surface area contributed by atoms with Gasteiger partial charge in [-0.1, -0.05) is 35.9 Å². The van der Waals surface area contributed by atoms with Crippen molar-refractivity contribution in [2.24, 2.45) is 0 Å². The minimum atomic E-state index is -0.875. The molecule has 0 saturated carbocycles. The van der Waals surface area contributed by atoms with E-state index in [0.717, 1.165) is 16.8 Å². The average Bonchev–Trinajstić information content (AvgIpc) is 2.47. The lowest BCUT2D eigenvalue weighted by molar-refractivity contribution is 0.0450. The highest BCUT2D eigenvalue weighted by Crippen LogP contribution is 2.38. The first-order valence-electron chi connectivity index (χ1n) is 7.19. The second-order valence-electron chi connectivity index (χ2n) is 5.87. The summed E-state index contributed by atoms with van der Waals surface area (Å²) in [5.74, 6) is -0.0124. The lowest BCUT2D eigenvalue weighted by Gasteiger charge is -2.38. The van der Waals surface area contributed by atoms with Crippen molar-refractivity contribution in [1.29, 1.82) is 0 Å². The number of fused-ring (bicyclic) bond motifs is 1. The molecule has 0 aliphatic carbocycles. The van der Waals surface area contributed by atoms with Crippen molar-refractivity contribution in [3.05, 3.63) is 65.2 Å². The number of amides is 1. The molecule has 21 heavy (non-hydrogen) atoms. The fourth-order valence-electron chi connectivity index (χ4n) is 2.89. The summed E-state index contributed by atoms with van der Waals surface area (Å²) in [6.45, 7) is 4.31. The molecule has 0 fully saturated rings. The maximum Gasteiger partial charge on any atom is 0.258 e. The van der Waals surface area contributed by atoms with E-state index in [9.17, 15) is 9.90 Å². The molecule has 0 saturated heterocycles. The Morgan fingerprint density at radius 3 is 2.71 bits per heavy atom. The molecular formula is C18H19NO2. The first-order valence-corrected chi connectivity index (χ1v) is 7.19. The van der Waals surface area contributed by atoms with Gasteiger partial charge in [0, 0.05) is 17.7 Å². The van der Waals surface area contributed by atoms with E-state index >= 15 is 0 Å². The molecule has 1 aliphatic heterocycles. The third-order valence-corrected chi connectivity index (χ3v) is 4.11. The number of anilines is 1. The van der Waals surface area contributed by atoms with Crippen LogP contribution in [0.5, 0.6) is 0 Å². The lowest BCUT2D eigenvalue weighted by atomic mass is 9.87. The molecule has 2 aromatic rings. The summed E-state index contributed by atoms with van der Waals surface area (Å²) in [5, 5.41) is 10.5.